The Morgan fingerprint density at radius 3 is 2.89 bits per heavy atom. The van der Waals surface area contributed by atoms with Gasteiger partial charge >= 0.3 is 0 Å². The van der Waals surface area contributed by atoms with E-state index in [-0.39, 0.29) is 5.91 Å². The third-order valence-electron chi connectivity index (χ3n) is 4.39. The lowest BCUT2D eigenvalue weighted by Crippen LogP contribution is -2.38. The van der Waals surface area contributed by atoms with Crippen molar-refractivity contribution in [3.8, 4) is 5.75 Å². The molecule has 0 spiro atoms. The van der Waals surface area contributed by atoms with E-state index in [0.717, 1.165) is 11.7 Å². The van der Waals surface area contributed by atoms with Gasteiger partial charge in [0, 0.05) is 11.6 Å². The number of ether oxygens (including phenoxy) is 1. The lowest BCUT2D eigenvalue weighted by atomic mass is 9.95. The molecular weight excluding hydrogens is 226 g/mol. The van der Waals surface area contributed by atoms with Gasteiger partial charge in [-0.1, -0.05) is 12.5 Å². The first-order valence-electron chi connectivity index (χ1n) is 6.71. The molecule has 96 valence electrons. The summed E-state index contributed by atoms with van der Waals surface area (Å²) < 4.78 is 5.14. The largest absolute Gasteiger partial charge is 0.497 e. The van der Waals surface area contributed by atoms with Gasteiger partial charge in [-0.25, -0.2) is 0 Å². The lowest BCUT2D eigenvalue weighted by Gasteiger charge is -2.22. The molecule has 0 unspecified atom stereocenters. The zero-order valence-electron chi connectivity index (χ0n) is 10.7. The van der Waals surface area contributed by atoms with Gasteiger partial charge in [0.25, 0.3) is 5.91 Å². The number of benzene rings is 1. The molecule has 0 heterocycles. The molecule has 2 fully saturated rings. The van der Waals surface area contributed by atoms with Crippen molar-refractivity contribution < 1.29 is 9.53 Å². The van der Waals surface area contributed by atoms with E-state index in [1.165, 1.54) is 25.7 Å². The number of rotatable bonds is 3. The van der Waals surface area contributed by atoms with Crippen LogP contribution in [0.5, 0.6) is 5.75 Å². The first kappa shape index (κ1) is 11.6. The van der Waals surface area contributed by atoms with Crippen LogP contribution in [-0.2, 0) is 0 Å². The van der Waals surface area contributed by atoms with Gasteiger partial charge in [-0.05, 0) is 49.3 Å². The number of amides is 1. The van der Waals surface area contributed by atoms with Crippen LogP contribution in [0.4, 0.5) is 0 Å². The minimum absolute atomic E-state index is 0.0338. The van der Waals surface area contributed by atoms with E-state index in [0.29, 0.717) is 17.5 Å². The Morgan fingerprint density at radius 2 is 2.22 bits per heavy atom. The maximum Gasteiger partial charge on any atom is 0.251 e. The maximum atomic E-state index is 12.2. The summed E-state index contributed by atoms with van der Waals surface area (Å²) in [6.45, 7) is 0. The molecule has 2 bridgehead atoms. The smallest absolute Gasteiger partial charge is 0.251 e. The molecule has 3 nitrogen and oxygen atoms in total. The second-order valence-corrected chi connectivity index (χ2v) is 5.49. The topological polar surface area (TPSA) is 38.3 Å². The Balaban J connectivity index is 1.67. The van der Waals surface area contributed by atoms with Crippen LogP contribution in [0.15, 0.2) is 24.3 Å². The predicted molar refractivity (Wildman–Crippen MR) is 69.7 cm³/mol. The quantitative estimate of drug-likeness (QED) is 0.889. The van der Waals surface area contributed by atoms with Crippen LogP contribution in [0.2, 0.25) is 0 Å². The molecule has 0 aliphatic heterocycles. The van der Waals surface area contributed by atoms with Crippen molar-refractivity contribution >= 4 is 5.91 Å². The Kier molecular flexibility index (Phi) is 2.98. The van der Waals surface area contributed by atoms with Crippen LogP contribution in [0, 0.1) is 11.8 Å². The van der Waals surface area contributed by atoms with Gasteiger partial charge in [0.1, 0.15) is 5.75 Å². The second-order valence-electron chi connectivity index (χ2n) is 5.49. The first-order valence-corrected chi connectivity index (χ1v) is 6.71. The third kappa shape index (κ3) is 2.09. The van der Waals surface area contributed by atoms with Crippen molar-refractivity contribution in [2.45, 2.75) is 31.7 Å². The van der Waals surface area contributed by atoms with Crippen LogP contribution >= 0.6 is 0 Å². The fraction of sp³-hybridized carbons (Fsp3) is 0.533. The highest BCUT2D eigenvalue weighted by Crippen LogP contribution is 2.44. The third-order valence-corrected chi connectivity index (χ3v) is 4.39. The summed E-state index contributed by atoms with van der Waals surface area (Å²) in [6, 6.07) is 7.73. The van der Waals surface area contributed by atoms with E-state index in [4.69, 9.17) is 4.74 Å². The molecule has 1 aromatic rings. The van der Waals surface area contributed by atoms with Gasteiger partial charge in [0.2, 0.25) is 0 Å². The minimum Gasteiger partial charge on any atom is -0.497 e. The molecule has 2 aliphatic carbocycles. The molecule has 1 aromatic carbocycles. The summed E-state index contributed by atoms with van der Waals surface area (Å²) in [6.07, 6.45) is 5.12. The number of carbonyl (C=O) groups is 1. The molecule has 3 rings (SSSR count). The fourth-order valence-electron chi connectivity index (χ4n) is 3.44. The monoisotopic (exact) mass is 245 g/mol. The Bertz CT molecular complexity index is 458. The number of hydrogen-bond donors (Lipinski definition) is 1. The molecular formula is C15H19NO2. The summed E-state index contributed by atoms with van der Waals surface area (Å²) in [4.78, 5) is 12.2. The summed E-state index contributed by atoms with van der Waals surface area (Å²) in [7, 11) is 1.62. The van der Waals surface area contributed by atoms with Crippen LogP contribution in [-0.4, -0.2) is 19.1 Å². The van der Waals surface area contributed by atoms with Crippen molar-refractivity contribution in [3.63, 3.8) is 0 Å². The molecule has 0 saturated heterocycles. The van der Waals surface area contributed by atoms with Crippen LogP contribution in [0.25, 0.3) is 0 Å². The molecule has 18 heavy (non-hydrogen) atoms. The highest BCUT2D eigenvalue weighted by Gasteiger charge is 2.40. The van der Waals surface area contributed by atoms with Crippen molar-refractivity contribution in [2.75, 3.05) is 7.11 Å². The lowest BCUT2D eigenvalue weighted by molar-refractivity contribution is 0.0922. The fourth-order valence-corrected chi connectivity index (χ4v) is 3.44. The van der Waals surface area contributed by atoms with E-state index in [1.807, 2.05) is 18.2 Å². The number of hydrogen-bond acceptors (Lipinski definition) is 2. The normalized spacial score (nSPS) is 29.3. The second kappa shape index (κ2) is 4.63. The molecule has 0 aromatic heterocycles. The zero-order valence-corrected chi connectivity index (χ0v) is 10.7. The van der Waals surface area contributed by atoms with Crippen LogP contribution < -0.4 is 10.1 Å². The Morgan fingerprint density at radius 1 is 1.33 bits per heavy atom. The average molecular weight is 245 g/mol. The first-order chi connectivity index (χ1) is 8.76. The van der Waals surface area contributed by atoms with Gasteiger partial charge in [-0.2, -0.15) is 0 Å². The molecule has 0 radical (unpaired) electrons. The van der Waals surface area contributed by atoms with Crippen molar-refractivity contribution in [3.05, 3.63) is 29.8 Å². The molecule has 1 N–H and O–H groups in total. The summed E-state index contributed by atoms with van der Waals surface area (Å²) in [5.41, 5.74) is 0.692. The van der Waals surface area contributed by atoms with Gasteiger partial charge in [-0.3, -0.25) is 4.79 Å². The van der Waals surface area contributed by atoms with E-state index < -0.39 is 0 Å². The van der Waals surface area contributed by atoms with E-state index in [2.05, 4.69) is 5.32 Å². The van der Waals surface area contributed by atoms with Gasteiger partial charge < -0.3 is 10.1 Å². The van der Waals surface area contributed by atoms with E-state index in [9.17, 15) is 4.79 Å². The highest BCUT2D eigenvalue weighted by molar-refractivity contribution is 5.94. The van der Waals surface area contributed by atoms with Gasteiger partial charge in [-0.15, -0.1) is 0 Å². The molecule has 2 aliphatic rings. The van der Waals surface area contributed by atoms with Gasteiger partial charge in [0.15, 0.2) is 0 Å². The summed E-state index contributed by atoms with van der Waals surface area (Å²) >= 11 is 0. The summed E-state index contributed by atoms with van der Waals surface area (Å²) in [5, 5.41) is 3.18. The molecule has 3 atom stereocenters. The number of carbonyl (C=O) groups excluding carboxylic acids is 1. The van der Waals surface area contributed by atoms with Crippen LogP contribution in [0.1, 0.15) is 36.0 Å². The number of fused-ring (bicyclic) bond motifs is 2. The van der Waals surface area contributed by atoms with Crippen molar-refractivity contribution in [1.82, 2.24) is 5.32 Å². The van der Waals surface area contributed by atoms with Crippen molar-refractivity contribution in [1.29, 1.82) is 0 Å². The Labute approximate surface area is 108 Å². The Hall–Kier alpha value is -1.51. The standard InChI is InChI=1S/C15H19NO2/c1-18-13-4-2-3-12(9-13)15(17)16-14-8-10-5-6-11(14)7-10/h2-4,9-11,14H,5-8H2,1H3,(H,16,17)/t10-,11-,14-/m1/s1. The van der Waals surface area contributed by atoms with E-state index in [1.54, 1.807) is 13.2 Å². The highest BCUT2D eigenvalue weighted by atomic mass is 16.5. The SMILES string of the molecule is COc1cccc(C(=O)N[C@@H]2C[C@@H]3CC[C@@H]2C3)c1. The maximum absolute atomic E-state index is 12.2. The van der Waals surface area contributed by atoms with E-state index >= 15 is 0 Å². The van der Waals surface area contributed by atoms with Crippen molar-refractivity contribution in [2.24, 2.45) is 11.8 Å². The predicted octanol–water partition coefficient (Wildman–Crippen LogP) is 2.61. The summed E-state index contributed by atoms with van der Waals surface area (Å²) in [5.74, 6) is 2.33. The molecule has 1 amide bonds. The number of nitrogens with one attached hydrogen (secondary N) is 1. The minimum atomic E-state index is 0.0338. The van der Waals surface area contributed by atoms with Crippen LogP contribution in [0.3, 0.4) is 0 Å². The molecule has 2 saturated carbocycles. The zero-order chi connectivity index (χ0) is 12.5. The average Bonchev–Trinajstić information content (AvgIpc) is 3.01. The number of methoxy groups -OCH3 is 1. The van der Waals surface area contributed by atoms with Gasteiger partial charge in [0.05, 0.1) is 7.11 Å². The molecule has 3 heteroatoms.